The number of nitrogens with one attached hydrogen (secondary N) is 1. The molecule has 1 aliphatic rings. The van der Waals surface area contributed by atoms with Crippen molar-refractivity contribution in [2.24, 2.45) is 0 Å². The van der Waals surface area contributed by atoms with Crippen molar-refractivity contribution in [1.29, 1.82) is 0 Å². The molecule has 0 aliphatic carbocycles. The van der Waals surface area contributed by atoms with Gasteiger partial charge in [-0.15, -0.1) is 0 Å². The van der Waals surface area contributed by atoms with Gasteiger partial charge in [0.1, 0.15) is 0 Å². The Morgan fingerprint density at radius 3 is 3.18 bits per heavy atom. The Balaban J connectivity index is 1.71. The van der Waals surface area contributed by atoms with E-state index >= 15 is 0 Å². The minimum Gasteiger partial charge on any atom is -0.332 e. The lowest BCUT2D eigenvalue weighted by Crippen LogP contribution is -2.25. The Morgan fingerprint density at radius 2 is 2.35 bits per heavy atom. The Bertz CT molecular complexity index is 511. The second-order valence-electron chi connectivity index (χ2n) is 4.54. The van der Waals surface area contributed by atoms with E-state index in [1.807, 2.05) is 17.2 Å². The first kappa shape index (κ1) is 10.5. The van der Waals surface area contributed by atoms with Gasteiger partial charge in [0.05, 0.1) is 24.8 Å². The molecule has 0 aromatic carbocycles. The van der Waals surface area contributed by atoms with Crippen LogP contribution < -0.4 is 5.32 Å². The first-order valence-corrected chi connectivity index (χ1v) is 6.05. The third-order valence-electron chi connectivity index (χ3n) is 3.20. The number of aromatic nitrogens is 4. The summed E-state index contributed by atoms with van der Waals surface area (Å²) in [5, 5.41) is 7.64. The third kappa shape index (κ3) is 2.10. The van der Waals surface area contributed by atoms with Crippen LogP contribution in [0, 0.1) is 6.92 Å². The molecular formula is C12H17N5. The van der Waals surface area contributed by atoms with Gasteiger partial charge in [0.25, 0.3) is 0 Å². The summed E-state index contributed by atoms with van der Waals surface area (Å²) in [7, 11) is 0. The molecule has 0 fully saturated rings. The van der Waals surface area contributed by atoms with Crippen molar-refractivity contribution in [1.82, 2.24) is 24.6 Å². The molecule has 2 aromatic heterocycles. The summed E-state index contributed by atoms with van der Waals surface area (Å²) in [5.41, 5.74) is 3.79. The zero-order valence-electron chi connectivity index (χ0n) is 10.1. The second-order valence-corrected chi connectivity index (χ2v) is 4.54. The summed E-state index contributed by atoms with van der Waals surface area (Å²) in [6.07, 6.45) is 7.00. The van der Waals surface area contributed by atoms with Crippen LogP contribution in [0.15, 0.2) is 18.7 Å². The lowest BCUT2D eigenvalue weighted by molar-refractivity contribution is 0.511. The van der Waals surface area contributed by atoms with Gasteiger partial charge < -0.3 is 9.88 Å². The van der Waals surface area contributed by atoms with Crippen LogP contribution in [0.1, 0.15) is 17.0 Å². The van der Waals surface area contributed by atoms with E-state index in [0.29, 0.717) is 0 Å². The van der Waals surface area contributed by atoms with Gasteiger partial charge in [-0.3, -0.25) is 4.68 Å². The van der Waals surface area contributed by atoms with Gasteiger partial charge >= 0.3 is 0 Å². The van der Waals surface area contributed by atoms with Crippen LogP contribution in [0.2, 0.25) is 0 Å². The van der Waals surface area contributed by atoms with E-state index in [0.717, 1.165) is 32.6 Å². The van der Waals surface area contributed by atoms with E-state index < -0.39 is 0 Å². The van der Waals surface area contributed by atoms with Crippen LogP contribution in [0.3, 0.4) is 0 Å². The molecule has 0 amide bonds. The first-order valence-electron chi connectivity index (χ1n) is 6.05. The van der Waals surface area contributed by atoms with Crippen LogP contribution in [0.4, 0.5) is 0 Å². The minimum absolute atomic E-state index is 0.906. The fourth-order valence-corrected chi connectivity index (χ4v) is 2.29. The van der Waals surface area contributed by atoms with Gasteiger partial charge in [0, 0.05) is 37.9 Å². The monoisotopic (exact) mass is 231 g/mol. The maximum absolute atomic E-state index is 4.44. The molecule has 1 N–H and O–H groups in total. The van der Waals surface area contributed by atoms with Crippen molar-refractivity contribution >= 4 is 0 Å². The molecule has 0 saturated carbocycles. The van der Waals surface area contributed by atoms with E-state index in [1.54, 1.807) is 0 Å². The highest BCUT2D eigenvalue weighted by atomic mass is 15.3. The molecular weight excluding hydrogens is 214 g/mol. The van der Waals surface area contributed by atoms with Gasteiger partial charge in [0.2, 0.25) is 0 Å². The number of hydrogen-bond donors (Lipinski definition) is 1. The molecule has 0 bridgehead atoms. The zero-order chi connectivity index (χ0) is 11.7. The van der Waals surface area contributed by atoms with Gasteiger partial charge in [-0.25, -0.2) is 4.98 Å². The number of imidazole rings is 1. The van der Waals surface area contributed by atoms with Crippen molar-refractivity contribution in [2.45, 2.75) is 33.0 Å². The van der Waals surface area contributed by atoms with Crippen LogP contribution in [-0.4, -0.2) is 25.9 Å². The Morgan fingerprint density at radius 1 is 1.41 bits per heavy atom. The van der Waals surface area contributed by atoms with Crippen LogP contribution in [0.5, 0.6) is 0 Å². The molecule has 2 aromatic rings. The smallest absolute Gasteiger partial charge is 0.0952 e. The maximum atomic E-state index is 4.44. The fourth-order valence-electron chi connectivity index (χ4n) is 2.29. The second kappa shape index (κ2) is 4.33. The highest BCUT2D eigenvalue weighted by Crippen LogP contribution is 2.12. The average Bonchev–Trinajstić information content (AvgIpc) is 2.93. The Labute approximate surface area is 100 Å². The molecule has 5 heteroatoms. The fraction of sp³-hybridized carbons (Fsp3) is 0.500. The van der Waals surface area contributed by atoms with E-state index in [4.69, 9.17) is 0 Å². The minimum atomic E-state index is 0.906. The molecule has 3 heterocycles. The molecule has 0 atom stereocenters. The van der Waals surface area contributed by atoms with Crippen LogP contribution in [-0.2, 0) is 26.1 Å². The molecule has 0 unspecified atom stereocenters. The number of nitrogens with zero attached hydrogens (tertiary/aromatic N) is 4. The topological polar surface area (TPSA) is 47.7 Å². The first-order chi connectivity index (χ1) is 8.33. The van der Waals surface area contributed by atoms with Crippen molar-refractivity contribution < 1.29 is 0 Å². The Kier molecular flexibility index (Phi) is 2.68. The summed E-state index contributed by atoms with van der Waals surface area (Å²) in [5.74, 6) is 0. The van der Waals surface area contributed by atoms with Gasteiger partial charge in [-0.1, -0.05) is 0 Å². The van der Waals surface area contributed by atoms with Crippen molar-refractivity contribution in [2.75, 3.05) is 6.54 Å². The molecule has 0 radical (unpaired) electrons. The number of hydrogen-bond acceptors (Lipinski definition) is 3. The normalized spacial score (nSPS) is 14.9. The quantitative estimate of drug-likeness (QED) is 0.847. The summed E-state index contributed by atoms with van der Waals surface area (Å²) in [6, 6.07) is 0. The standard InChI is InChI=1S/C12H17N5/c1-10-6-15-17(8-10)5-4-16-9-14-11-7-13-3-2-12(11)16/h6,8-9,13H,2-5,7H2,1H3. The molecule has 5 nitrogen and oxygen atoms in total. The van der Waals surface area contributed by atoms with E-state index in [2.05, 4.69) is 33.1 Å². The van der Waals surface area contributed by atoms with Crippen LogP contribution >= 0.6 is 0 Å². The number of fused-ring (bicyclic) bond motifs is 1. The predicted molar refractivity (Wildman–Crippen MR) is 64.6 cm³/mol. The lowest BCUT2D eigenvalue weighted by Gasteiger charge is -2.15. The zero-order valence-corrected chi connectivity index (χ0v) is 10.1. The molecule has 0 saturated heterocycles. The molecule has 90 valence electrons. The largest absolute Gasteiger partial charge is 0.332 e. The van der Waals surface area contributed by atoms with Crippen molar-refractivity contribution in [3.8, 4) is 0 Å². The summed E-state index contributed by atoms with van der Waals surface area (Å²) < 4.78 is 4.25. The third-order valence-corrected chi connectivity index (χ3v) is 3.20. The molecule has 17 heavy (non-hydrogen) atoms. The van der Waals surface area contributed by atoms with Crippen molar-refractivity contribution in [3.05, 3.63) is 35.7 Å². The molecule has 3 rings (SSSR count). The highest BCUT2D eigenvalue weighted by molar-refractivity contribution is 5.16. The summed E-state index contributed by atoms with van der Waals surface area (Å²) >= 11 is 0. The highest BCUT2D eigenvalue weighted by Gasteiger charge is 2.14. The molecule has 0 spiro atoms. The summed E-state index contributed by atoms with van der Waals surface area (Å²) in [4.78, 5) is 4.44. The van der Waals surface area contributed by atoms with Gasteiger partial charge in [0.15, 0.2) is 0 Å². The van der Waals surface area contributed by atoms with Gasteiger partial charge in [-0.05, 0) is 12.5 Å². The van der Waals surface area contributed by atoms with E-state index in [9.17, 15) is 0 Å². The molecule has 1 aliphatic heterocycles. The average molecular weight is 231 g/mol. The number of rotatable bonds is 3. The van der Waals surface area contributed by atoms with Gasteiger partial charge in [-0.2, -0.15) is 5.10 Å². The van der Waals surface area contributed by atoms with E-state index in [-0.39, 0.29) is 0 Å². The van der Waals surface area contributed by atoms with Crippen LogP contribution in [0.25, 0.3) is 0 Å². The van der Waals surface area contributed by atoms with E-state index in [1.165, 1.54) is 17.0 Å². The maximum Gasteiger partial charge on any atom is 0.0952 e. The van der Waals surface area contributed by atoms with Crippen molar-refractivity contribution in [3.63, 3.8) is 0 Å². The number of aryl methyl sites for hydroxylation is 3. The SMILES string of the molecule is Cc1cnn(CCn2cnc3c2CCNC3)c1. The Hall–Kier alpha value is -1.62. The lowest BCUT2D eigenvalue weighted by atomic mass is 10.2. The predicted octanol–water partition coefficient (Wildman–Crippen LogP) is 0.734. The summed E-state index contributed by atoms with van der Waals surface area (Å²) in [6.45, 7) is 5.88.